The Kier molecular flexibility index (Phi) is 3.08. The lowest BCUT2D eigenvalue weighted by Gasteiger charge is -2.29. The predicted octanol–water partition coefficient (Wildman–Crippen LogP) is 2.19. The zero-order valence-electron chi connectivity index (χ0n) is 10.2. The minimum atomic E-state index is -4.43. The summed E-state index contributed by atoms with van der Waals surface area (Å²) in [6.45, 7) is 0. The van der Waals surface area contributed by atoms with Crippen LogP contribution < -0.4 is 10.6 Å². The maximum absolute atomic E-state index is 12.4. The van der Waals surface area contributed by atoms with Crippen LogP contribution in [0.1, 0.15) is 31.4 Å². The van der Waals surface area contributed by atoms with Gasteiger partial charge in [-0.3, -0.25) is 0 Å². The SMILES string of the molecule is FC(F)(F)c1ccc(NC2CC3CCC(C2)N3)nn1. The number of hydrogen-bond acceptors (Lipinski definition) is 4. The first-order valence-corrected chi connectivity index (χ1v) is 6.44. The van der Waals surface area contributed by atoms with Crippen molar-refractivity contribution in [2.45, 2.75) is 50.0 Å². The molecule has 19 heavy (non-hydrogen) atoms. The van der Waals surface area contributed by atoms with Crippen molar-refractivity contribution in [3.8, 4) is 0 Å². The number of fused-ring (bicyclic) bond motifs is 2. The molecule has 3 heterocycles. The minimum absolute atomic E-state index is 0.268. The predicted molar refractivity (Wildman–Crippen MR) is 63.6 cm³/mol. The van der Waals surface area contributed by atoms with E-state index in [2.05, 4.69) is 20.8 Å². The normalized spacial score (nSPS) is 30.4. The van der Waals surface area contributed by atoms with Gasteiger partial charge >= 0.3 is 6.18 Å². The maximum Gasteiger partial charge on any atom is 0.435 e. The van der Waals surface area contributed by atoms with E-state index in [4.69, 9.17) is 0 Å². The number of hydrogen-bond donors (Lipinski definition) is 2. The van der Waals surface area contributed by atoms with E-state index in [1.165, 1.54) is 18.9 Å². The van der Waals surface area contributed by atoms with Crippen molar-refractivity contribution in [2.75, 3.05) is 5.32 Å². The summed E-state index contributed by atoms with van der Waals surface area (Å²) in [5.41, 5.74) is -0.955. The highest BCUT2D eigenvalue weighted by atomic mass is 19.4. The third-order valence-electron chi connectivity index (χ3n) is 3.78. The average molecular weight is 272 g/mol. The number of halogens is 3. The van der Waals surface area contributed by atoms with Gasteiger partial charge in [-0.05, 0) is 37.8 Å². The standard InChI is InChI=1S/C12H15F3N4/c13-12(14,15)10-3-4-11(19-18-10)17-9-5-7-1-2-8(6-9)16-7/h3-4,7-9,16H,1-2,5-6H2,(H,17,19). The third-order valence-corrected chi connectivity index (χ3v) is 3.78. The molecule has 7 heteroatoms. The Balaban J connectivity index is 1.64. The van der Waals surface area contributed by atoms with Crippen LogP contribution in [0.3, 0.4) is 0 Å². The Morgan fingerprint density at radius 3 is 2.32 bits per heavy atom. The van der Waals surface area contributed by atoms with Crippen LogP contribution in [-0.4, -0.2) is 28.3 Å². The Labute approximate surface area is 108 Å². The van der Waals surface area contributed by atoms with Gasteiger partial charge in [-0.25, -0.2) is 0 Å². The van der Waals surface area contributed by atoms with Gasteiger partial charge in [0.1, 0.15) is 5.82 Å². The highest BCUT2D eigenvalue weighted by molar-refractivity contribution is 5.35. The molecule has 2 aliphatic heterocycles. The van der Waals surface area contributed by atoms with Crippen molar-refractivity contribution in [3.05, 3.63) is 17.8 Å². The highest BCUT2D eigenvalue weighted by Gasteiger charge is 2.34. The first-order chi connectivity index (χ1) is 9.00. The summed E-state index contributed by atoms with van der Waals surface area (Å²) in [7, 11) is 0. The molecule has 1 aromatic heterocycles. The average Bonchev–Trinajstić information content (AvgIpc) is 2.68. The molecule has 4 nitrogen and oxygen atoms in total. The summed E-state index contributed by atoms with van der Waals surface area (Å²) < 4.78 is 37.1. The molecule has 1 aromatic rings. The lowest BCUT2D eigenvalue weighted by atomic mass is 10.00. The lowest BCUT2D eigenvalue weighted by molar-refractivity contribution is -0.141. The minimum Gasteiger partial charge on any atom is -0.366 e. The fourth-order valence-corrected chi connectivity index (χ4v) is 2.94. The summed E-state index contributed by atoms with van der Waals surface area (Å²) in [5, 5.41) is 13.5. The zero-order valence-corrected chi connectivity index (χ0v) is 10.2. The van der Waals surface area contributed by atoms with Crippen LogP contribution in [0.4, 0.5) is 19.0 Å². The van der Waals surface area contributed by atoms with Gasteiger partial charge < -0.3 is 10.6 Å². The number of anilines is 1. The second-order valence-electron chi connectivity index (χ2n) is 5.25. The number of piperidine rings is 1. The first kappa shape index (κ1) is 12.7. The van der Waals surface area contributed by atoms with Gasteiger partial charge in [0.25, 0.3) is 0 Å². The molecular formula is C12H15F3N4. The summed E-state index contributed by atoms with van der Waals surface area (Å²) in [6, 6.07) is 3.63. The van der Waals surface area contributed by atoms with Crippen molar-refractivity contribution >= 4 is 5.82 Å². The maximum atomic E-state index is 12.4. The van der Waals surface area contributed by atoms with Crippen LogP contribution in [0.2, 0.25) is 0 Å². The Hall–Kier alpha value is -1.37. The molecule has 2 bridgehead atoms. The van der Waals surface area contributed by atoms with Crippen LogP contribution in [0.25, 0.3) is 0 Å². The van der Waals surface area contributed by atoms with Crippen LogP contribution in [0, 0.1) is 0 Å². The number of rotatable bonds is 2. The Bertz CT molecular complexity index is 433. The van der Waals surface area contributed by atoms with E-state index >= 15 is 0 Å². The quantitative estimate of drug-likeness (QED) is 0.866. The van der Waals surface area contributed by atoms with Crippen LogP contribution in [0.15, 0.2) is 12.1 Å². The van der Waals surface area contributed by atoms with Crippen LogP contribution in [-0.2, 0) is 6.18 Å². The van der Waals surface area contributed by atoms with Crippen molar-refractivity contribution < 1.29 is 13.2 Å². The fraction of sp³-hybridized carbons (Fsp3) is 0.667. The molecule has 0 amide bonds. The Morgan fingerprint density at radius 2 is 1.79 bits per heavy atom. The number of alkyl halides is 3. The monoisotopic (exact) mass is 272 g/mol. The van der Waals surface area contributed by atoms with E-state index < -0.39 is 11.9 Å². The molecule has 0 aromatic carbocycles. The van der Waals surface area contributed by atoms with E-state index in [1.54, 1.807) is 0 Å². The third kappa shape index (κ3) is 2.80. The molecule has 0 aliphatic carbocycles. The molecule has 2 N–H and O–H groups in total. The highest BCUT2D eigenvalue weighted by Crippen LogP contribution is 2.29. The summed E-state index contributed by atoms with van der Waals surface area (Å²) in [5.74, 6) is 0.416. The van der Waals surface area contributed by atoms with Crippen LogP contribution >= 0.6 is 0 Å². The molecule has 2 fully saturated rings. The van der Waals surface area contributed by atoms with E-state index in [0.717, 1.165) is 18.9 Å². The summed E-state index contributed by atoms with van der Waals surface area (Å²) >= 11 is 0. The second-order valence-corrected chi connectivity index (χ2v) is 5.25. The van der Waals surface area contributed by atoms with Crippen molar-refractivity contribution in [2.24, 2.45) is 0 Å². The molecule has 2 saturated heterocycles. The summed E-state index contributed by atoms with van der Waals surface area (Å²) in [6.07, 6.45) is -0.0964. The number of nitrogens with one attached hydrogen (secondary N) is 2. The van der Waals surface area contributed by atoms with Gasteiger partial charge in [-0.15, -0.1) is 10.2 Å². The van der Waals surface area contributed by atoms with Crippen molar-refractivity contribution in [1.29, 1.82) is 0 Å². The largest absolute Gasteiger partial charge is 0.435 e. The molecule has 2 aliphatic rings. The first-order valence-electron chi connectivity index (χ1n) is 6.44. The second kappa shape index (κ2) is 4.63. The molecular weight excluding hydrogens is 257 g/mol. The number of aromatic nitrogens is 2. The number of nitrogens with zero attached hydrogens (tertiary/aromatic N) is 2. The molecule has 104 valence electrons. The molecule has 2 unspecified atom stereocenters. The smallest absolute Gasteiger partial charge is 0.366 e. The molecule has 3 rings (SSSR count). The van der Waals surface area contributed by atoms with E-state index in [9.17, 15) is 13.2 Å². The van der Waals surface area contributed by atoms with Gasteiger partial charge in [0.15, 0.2) is 5.69 Å². The molecule has 0 radical (unpaired) electrons. The summed E-state index contributed by atoms with van der Waals surface area (Å²) in [4.78, 5) is 0. The van der Waals surface area contributed by atoms with Gasteiger partial charge in [0.2, 0.25) is 0 Å². The lowest BCUT2D eigenvalue weighted by Crippen LogP contribution is -2.43. The Morgan fingerprint density at radius 1 is 1.11 bits per heavy atom. The molecule has 0 saturated carbocycles. The van der Waals surface area contributed by atoms with Gasteiger partial charge in [0, 0.05) is 18.1 Å². The topological polar surface area (TPSA) is 49.8 Å². The van der Waals surface area contributed by atoms with E-state index in [0.29, 0.717) is 17.9 Å². The van der Waals surface area contributed by atoms with Crippen LogP contribution in [0.5, 0.6) is 0 Å². The fourth-order valence-electron chi connectivity index (χ4n) is 2.94. The van der Waals surface area contributed by atoms with Gasteiger partial charge in [0.05, 0.1) is 0 Å². The van der Waals surface area contributed by atoms with E-state index in [-0.39, 0.29) is 6.04 Å². The van der Waals surface area contributed by atoms with Gasteiger partial charge in [-0.1, -0.05) is 0 Å². The molecule has 2 atom stereocenters. The van der Waals surface area contributed by atoms with Crippen molar-refractivity contribution in [1.82, 2.24) is 15.5 Å². The van der Waals surface area contributed by atoms with Gasteiger partial charge in [-0.2, -0.15) is 13.2 Å². The van der Waals surface area contributed by atoms with Crippen molar-refractivity contribution in [3.63, 3.8) is 0 Å². The zero-order chi connectivity index (χ0) is 13.5. The van der Waals surface area contributed by atoms with E-state index in [1.807, 2.05) is 0 Å². The molecule has 0 spiro atoms.